The van der Waals surface area contributed by atoms with Crippen LogP contribution in [0.2, 0.25) is 0 Å². The monoisotopic (exact) mass is 376 g/mol. The van der Waals surface area contributed by atoms with E-state index in [2.05, 4.69) is 0 Å². The molecule has 0 atom stereocenters. The Hall–Kier alpha value is -2.65. The molecule has 9 heteroatoms. The van der Waals surface area contributed by atoms with Gasteiger partial charge in [-0.05, 0) is 31.2 Å². The van der Waals surface area contributed by atoms with Crippen LogP contribution in [-0.2, 0) is 4.79 Å². The van der Waals surface area contributed by atoms with Crippen molar-refractivity contribution in [1.29, 1.82) is 0 Å². The maximum Gasteiger partial charge on any atom is 0.311 e. The van der Waals surface area contributed by atoms with Crippen molar-refractivity contribution in [2.45, 2.75) is 6.92 Å². The molecule has 0 aliphatic carbocycles. The largest absolute Gasteiger partial charge is 0.502 e. The Balaban J connectivity index is 1.90. The average Bonchev–Trinajstić information content (AvgIpc) is 3.13. The second-order valence-corrected chi connectivity index (χ2v) is 6.76. The first-order valence-corrected chi connectivity index (χ1v) is 8.46. The highest BCUT2D eigenvalue weighted by molar-refractivity contribution is 8.26. The van der Waals surface area contributed by atoms with Crippen LogP contribution in [0.1, 0.15) is 12.7 Å². The quantitative estimate of drug-likeness (QED) is 0.375. The summed E-state index contributed by atoms with van der Waals surface area (Å²) < 4.78 is 6.15. The minimum Gasteiger partial charge on any atom is -0.502 e. The summed E-state index contributed by atoms with van der Waals surface area (Å²) in [5.74, 6) is 0.238. The smallest absolute Gasteiger partial charge is 0.311 e. The molecule has 1 aromatic heterocycles. The Morgan fingerprint density at radius 1 is 1.40 bits per heavy atom. The number of phenolic OH excluding ortho intramolecular Hbond substituents is 1. The van der Waals surface area contributed by atoms with E-state index < -0.39 is 16.4 Å². The van der Waals surface area contributed by atoms with Crippen LogP contribution in [0.15, 0.2) is 39.7 Å². The zero-order chi connectivity index (χ0) is 18.1. The summed E-state index contributed by atoms with van der Waals surface area (Å²) in [4.78, 5) is 24.4. The Morgan fingerprint density at radius 3 is 2.80 bits per heavy atom. The maximum atomic E-state index is 12.2. The lowest BCUT2D eigenvalue weighted by molar-refractivity contribution is -0.385. The van der Waals surface area contributed by atoms with E-state index in [-0.39, 0.29) is 5.91 Å². The van der Waals surface area contributed by atoms with E-state index in [0.717, 1.165) is 0 Å². The molecular formula is C16H12N2O5S2. The second-order valence-electron chi connectivity index (χ2n) is 5.09. The first-order valence-electron chi connectivity index (χ1n) is 7.23. The zero-order valence-electron chi connectivity index (χ0n) is 13.0. The topological polar surface area (TPSA) is 96.8 Å². The van der Waals surface area contributed by atoms with Crippen molar-refractivity contribution >= 4 is 46.0 Å². The van der Waals surface area contributed by atoms with Gasteiger partial charge in [-0.15, -0.1) is 0 Å². The van der Waals surface area contributed by atoms with Gasteiger partial charge in [-0.1, -0.05) is 24.0 Å². The molecule has 3 rings (SSSR count). The Morgan fingerprint density at radius 2 is 2.16 bits per heavy atom. The van der Waals surface area contributed by atoms with E-state index in [1.54, 1.807) is 18.2 Å². The molecule has 2 aromatic rings. The highest BCUT2D eigenvalue weighted by Crippen LogP contribution is 2.35. The minimum atomic E-state index is -0.668. The number of rotatable bonds is 4. The molecule has 1 fully saturated rings. The van der Waals surface area contributed by atoms with Gasteiger partial charge in [0.2, 0.25) is 0 Å². The number of carbonyl (C=O) groups excluding carboxylic acids is 1. The van der Waals surface area contributed by atoms with Crippen molar-refractivity contribution in [3.05, 3.63) is 51.1 Å². The number of nitro groups is 1. The third kappa shape index (κ3) is 3.28. The summed E-state index contributed by atoms with van der Waals surface area (Å²) in [6.07, 6.45) is 1.59. The summed E-state index contributed by atoms with van der Waals surface area (Å²) in [5.41, 5.74) is 0.0459. The normalized spacial score (nSPS) is 16.0. The van der Waals surface area contributed by atoms with Crippen molar-refractivity contribution in [2.75, 3.05) is 6.54 Å². The lowest BCUT2D eigenvalue weighted by Gasteiger charge is -2.09. The second kappa shape index (κ2) is 6.69. The molecule has 0 spiro atoms. The average molecular weight is 376 g/mol. The van der Waals surface area contributed by atoms with E-state index >= 15 is 0 Å². The van der Waals surface area contributed by atoms with Crippen LogP contribution < -0.4 is 0 Å². The molecule has 25 heavy (non-hydrogen) atoms. The zero-order valence-corrected chi connectivity index (χ0v) is 14.6. The third-order valence-corrected chi connectivity index (χ3v) is 4.92. The number of thiocarbonyl (C=S) groups is 1. The summed E-state index contributed by atoms with van der Waals surface area (Å²) >= 11 is 6.35. The minimum absolute atomic E-state index is 0.171. The predicted octanol–water partition coefficient (Wildman–Crippen LogP) is 3.78. The van der Waals surface area contributed by atoms with Crippen LogP contribution in [0.3, 0.4) is 0 Å². The maximum absolute atomic E-state index is 12.2. The van der Waals surface area contributed by atoms with Crippen molar-refractivity contribution < 1.29 is 19.2 Å². The molecule has 1 aromatic carbocycles. The number of furan rings is 1. The molecule has 2 heterocycles. The van der Waals surface area contributed by atoms with Crippen molar-refractivity contribution in [1.82, 2.24) is 4.90 Å². The molecule has 1 aliphatic heterocycles. The molecule has 0 radical (unpaired) electrons. The van der Waals surface area contributed by atoms with Crippen molar-refractivity contribution in [2.24, 2.45) is 0 Å². The number of nitro benzene ring substituents is 1. The summed E-state index contributed by atoms with van der Waals surface area (Å²) in [6.45, 7) is 2.35. The molecule has 0 unspecified atom stereocenters. The summed E-state index contributed by atoms with van der Waals surface area (Å²) in [6, 6.07) is 7.28. The van der Waals surface area contributed by atoms with E-state index in [0.29, 0.717) is 32.9 Å². The number of benzene rings is 1. The molecule has 0 bridgehead atoms. The van der Waals surface area contributed by atoms with E-state index in [9.17, 15) is 20.0 Å². The van der Waals surface area contributed by atoms with E-state index in [1.807, 2.05) is 6.92 Å². The molecule has 0 saturated carbocycles. The van der Waals surface area contributed by atoms with Gasteiger partial charge in [-0.25, -0.2) is 0 Å². The van der Waals surface area contributed by atoms with E-state index in [1.165, 1.54) is 34.9 Å². The first kappa shape index (κ1) is 17.2. The van der Waals surface area contributed by atoms with Crippen LogP contribution in [0, 0.1) is 10.1 Å². The SMILES string of the molecule is CCN1C(=O)C(=Cc2ccc(-c3ccc(O)c([N+](=O)[O-])c3)o2)SC1=S. The third-order valence-electron chi connectivity index (χ3n) is 3.55. The Bertz CT molecular complexity index is 919. The Kier molecular flexibility index (Phi) is 4.60. The standard InChI is InChI=1S/C16H12N2O5S2/c1-2-17-15(20)14(25-16(17)24)8-10-4-6-13(23-10)9-3-5-12(19)11(7-9)18(21)22/h3-8,19H,2H2,1H3. The van der Waals surface area contributed by atoms with Crippen LogP contribution in [-0.4, -0.2) is 31.7 Å². The van der Waals surface area contributed by atoms with Gasteiger partial charge in [0.1, 0.15) is 15.8 Å². The molecular weight excluding hydrogens is 364 g/mol. The lowest BCUT2D eigenvalue weighted by Crippen LogP contribution is -2.27. The molecule has 1 aliphatic rings. The highest BCUT2D eigenvalue weighted by atomic mass is 32.2. The predicted molar refractivity (Wildman–Crippen MR) is 98.0 cm³/mol. The Labute approximate surface area is 152 Å². The lowest BCUT2D eigenvalue weighted by atomic mass is 10.1. The number of phenols is 1. The van der Waals surface area contributed by atoms with Crippen LogP contribution in [0.5, 0.6) is 5.75 Å². The van der Waals surface area contributed by atoms with Gasteiger partial charge in [0.15, 0.2) is 5.75 Å². The van der Waals surface area contributed by atoms with Gasteiger partial charge in [-0.3, -0.25) is 19.8 Å². The molecule has 1 N–H and O–H groups in total. The fraction of sp³-hybridized carbons (Fsp3) is 0.125. The van der Waals surface area contributed by atoms with Crippen LogP contribution in [0.25, 0.3) is 17.4 Å². The number of aromatic hydroxyl groups is 1. The van der Waals surface area contributed by atoms with Crippen LogP contribution >= 0.6 is 24.0 Å². The number of hydrogen-bond acceptors (Lipinski definition) is 7. The van der Waals surface area contributed by atoms with Gasteiger partial charge in [0, 0.05) is 24.3 Å². The molecule has 7 nitrogen and oxygen atoms in total. The molecule has 1 saturated heterocycles. The number of thioether (sulfide) groups is 1. The van der Waals surface area contributed by atoms with Gasteiger partial charge in [0.25, 0.3) is 5.91 Å². The number of amides is 1. The fourth-order valence-electron chi connectivity index (χ4n) is 2.31. The molecule has 1 amide bonds. The number of likely N-dealkylation sites (N-methyl/N-ethyl adjacent to an activating group) is 1. The highest BCUT2D eigenvalue weighted by Gasteiger charge is 2.30. The first-order chi connectivity index (χ1) is 11.9. The van der Waals surface area contributed by atoms with Gasteiger partial charge < -0.3 is 9.52 Å². The van der Waals surface area contributed by atoms with Gasteiger partial charge in [0.05, 0.1) is 9.83 Å². The fourth-order valence-corrected chi connectivity index (χ4v) is 3.67. The summed E-state index contributed by atoms with van der Waals surface area (Å²) in [5, 5.41) is 20.4. The van der Waals surface area contributed by atoms with Crippen molar-refractivity contribution in [3.8, 4) is 17.1 Å². The van der Waals surface area contributed by atoms with Crippen LogP contribution in [0.4, 0.5) is 5.69 Å². The number of hydrogen-bond donors (Lipinski definition) is 1. The van der Waals surface area contributed by atoms with E-state index in [4.69, 9.17) is 16.6 Å². The summed E-state index contributed by atoms with van der Waals surface area (Å²) in [7, 11) is 0. The van der Waals surface area contributed by atoms with Gasteiger partial charge in [-0.2, -0.15) is 0 Å². The number of nitrogens with zero attached hydrogens (tertiary/aromatic N) is 2. The van der Waals surface area contributed by atoms with Crippen molar-refractivity contribution in [3.63, 3.8) is 0 Å². The van der Waals surface area contributed by atoms with Gasteiger partial charge >= 0.3 is 5.69 Å². The number of carbonyl (C=O) groups is 1. The molecule has 128 valence electrons.